The van der Waals surface area contributed by atoms with Crippen molar-refractivity contribution in [1.29, 1.82) is 0 Å². The number of hydrogen-bond donors (Lipinski definition) is 1. The highest BCUT2D eigenvalue weighted by atomic mass is 35.5. The van der Waals surface area contributed by atoms with Crippen molar-refractivity contribution >= 4 is 11.6 Å². The standard InChI is InChI=1S/C16H23ClN2O2/c1-16(2,3)15(19-6-4-18-5-7-19)11-8-13-14(9-12(11)17)21-10-20-13/h8-9,15,18H,4-7,10H2,1-3H3/t15-/m1/s1. The minimum absolute atomic E-state index is 0.0919. The van der Waals surface area contributed by atoms with E-state index in [1.807, 2.05) is 6.07 Å². The van der Waals surface area contributed by atoms with Gasteiger partial charge in [-0.15, -0.1) is 0 Å². The number of piperazine rings is 1. The topological polar surface area (TPSA) is 33.7 Å². The third-order valence-electron chi connectivity index (χ3n) is 4.12. The van der Waals surface area contributed by atoms with Gasteiger partial charge in [-0.1, -0.05) is 32.4 Å². The van der Waals surface area contributed by atoms with Crippen LogP contribution in [-0.2, 0) is 0 Å². The van der Waals surface area contributed by atoms with Gasteiger partial charge in [0.25, 0.3) is 0 Å². The van der Waals surface area contributed by atoms with Crippen molar-refractivity contribution in [2.24, 2.45) is 5.41 Å². The van der Waals surface area contributed by atoms with E-state index in [9.17, 15) is 0 Å². The molecule has 1 atom stereocenters. The Bertz CT molecular complexity index is 522. The molecule has 0 bridgehead atoms. The van der Waals surface area contributed by atoms with Crippen LogP contribution in [-0.4, -0.2) is 37.9 Å². The third-order valence-corrected chi connectivity index (χ3v) is 4.45. The Morgan fingerprint density at radius 3 is 2.38 bits per heavy atom. The molecule has 0 aliphatic carbocycles. The summed E-state index contributed by atoms with van der Waals surface area (Å²) in [5.41, 5.74) is 1.23. The second-order valence-corrected chi connectivity index (χ2v) is 7.19. The summed E-state index contributed by atoms with van der Waals surface area (Å²) >= 11 is 6.55. The quantitative estimate of drug-likeness (QED) is 0.910. The van der Waals surface area contributed by atoms with E-state index in [0.717, 1.165) is 48.3 Å². The fraction of sp³-hybridized carbons (Fsp3) is 0.625. The van der Waals surface area contributed by atoms with Crippen molar-refractivity contribution in [3.05, 3.63) is 22.7 Å². The van der Waals surface area contributed by atoms with E-state index in [0.29, 0.717) is 0 Å². The molecule has 0 saturated carbocycles. The Hall–Kier alpha value is -0.970. The molecule has 4 nitrogen and oxygen atoms in total. The van der Waals surface area contributed by atoms with E-state index in [1.54, 1.807) is 0 Å². The summed E-state index contributed by atoms with van der Waals surface area (Å²) < 4.78 is 10.9. The number of halogens is 1. The molecule has 116 valence electrons. The van der Waals surface area contributed by atoms with Gasteiger partial charge in [-0.2, -0.15) is 0 Å². The highest BCUT2D eigenvalue weighted by molar-refractivity contribution is 6.31. The van der Waals surface area contributed by atoms with Crippen LogP contribution in [0.2, 0.25) is 5.02 Å². The molecule has 5 heteroatoms. The number of rotatable bonds is 2. The lowest BCUT2D eigenvalue weighted by Gasteiger charge is -2.43. The second kappa shape index (κ2) is 5.67. The zero-order valence-electron chi connectivity index (χ0n) is 12.9. The SMILES string of the molecule is CC(C)(C)[C@@H](c1cc2c(cc1Cl)OCO2)N1CCNCC1. The van der Waals surface area contributed by atoms with Crippen molar-refractivity contribution in [1.82, 2.24) is 10.2 Å². The Morgan fingerprint density at radius 2 is 1.76 bits per heavy atom. The molecule has 1 aromatic rings. The molecule has 0 amide bonds. The zero-order chi connectivity index (χ0) is 15.0. The molecule has 3 rings (SSSR count). The predicted molar refractivity (Wildman–Crippen MR) is 84.2 cm³/mol. The van der Waals surface area contributed by atoms with Crippen molar-refractivity contribution in [2.45, 2.75) is 26.8 Å². The lowest BCUT2D eigenvalue weighted by Crippen LogP contribution is -2.48. The van der Waals surface area contributed by atoms with E-state index in [2.05, 4.69) is 37.1 Å². The van der Waals surface area contributed by atoms with Crippen LogP contribution in [0.5, 0.6) is 11.5 Å². The lowest BCUT2D eigenvalue weighted by molar-refractivity contribution is 0.0861. The monoisotopic (exact) mass is 310 g/mol. The predicted octanol–water partition coefficient (Wildman–Crippen LogP) is 3.06. The van der Waals surface area contributed by atoms with Gasteiger partial charge in [-0.3, -0.25) is 4.90 Å². The maximum atomic E-state index is 6.55. The molecule has 0 unspecified atom stereocenters. The summed E-state index contributed by atoms with van der Waals surface area (Å²) in [5.74, 6) is 1.55. The first kappa shape index (κ1) is 14.9. The first-order valence-corrected chi connectivity index (χ1v) is 7.88. The maximum Gasteiger partial charge on any atom is 0.231 e. The highest BCUT2D eigenvalue weighted by Crippen LogP contribution is 2.45. The van der Waals surface area contributed by atoms with Crippen molar-refractivity contribution in [3.8, 4) is 11.5 Å². The average molecular weight is 311 g/mol. The summed E-state index contributed by atoms with van der Waals surface area (Å²) in [7, 11) is 0. The van der Waals surface area contributed by atoms with E-state index in [4.69, 9.17) is 21.1 Å². The van der Waals surface area contributed by atoms with Gasteiger partial charge in [0.05, 0.1) is 0 Å². The molecule has 1 aromatic carbocycles. The van der Waals surface area contributed by atoms with Crippen molar-refractivity contribution in [3.63, 3.8) is 0 Å². The van der Waals surface area contributed by atoms with Crippen LogP contribution >= 0.6 is 11.6 Å². The molecule has 0 radical (unpaired) electrons. The van der Waals surface area contributed by atoms with Gasteiger partial charge in [0, 0.05) is 43.3 Å². The Kier molecular flexibility index (Phi) is 4.04. The maximum absolute atomic E-state index is 6.55. The van der Waals surface area contributed by atoms with Gasteiger partial charge in [-0.25, -0.2) is 0 Å². The summed E-state index contributed by atoms with van der Waals surface area (Å²) in [6.07, 6.45) is 0. The van der Waals surface area contributed by atoms with Crippen LogP contribution in [0.1, 0.15) is 32.4 Å². The molecular formula is C16H23ClN2O2. The third kappa shape index (κ3) is 2.98. The molecule has 1 N–H and O–H groups in total. The van der Waals surface area contributed by atoms with Crippen molar-refractivity contribution < 1.29 is 9.47 Å². The number of fused-ring (bicyclic) bond motifs is 1. The molecule has 21 heavy (non-hydrogen) atoms. The van der Waals surface area contributed by atoms with Crippen LogP contribution in [0.15, 0.2) is 12.1 Å². The van der Waals surface area contributed by atoms with Crippen LogP contribution in [0, 0.1) is 5.41 Å². The molecule has 1 fully saturated rings. The Labute approximate surface area is 131 Å². The normalized spacial score (nSPS) is 20.6. The number of nitrogens with zero attached hydrogens (tertiary/aromatic N) is 1. The van der Waals surface area contributed by atoms with Crippen LogP contribution < -0.4 is 14.8 Å². The average Bonchev–Trinajstić information content (AvgIpc) is 2.86. The largest absolute Gasteiger partial charge is 0.454 e. The van der Waals surface area contributed by atoms with Gasteiger partial charge >= 0.3 is 0 Å². The van der Waals surface area contributed by atoms with Crippen LogP contribution in [0.25, 0.3) is 0 Å². The molecular weight excluding hydrogens is 288 g/mol. The molecule has 0 aromatic heterocycles. The minimum atomic E-state index is 0.0919. The first-order valence-electron chi connectivity index (χ1n) is 7.50. The van der Waals surface area contributed by atoms with E-state index in [1.165, 1.54) is 0 Å². The summed E-state index contributed by atoms with van der Waals surface area (Å²) in [6.45, 7) is 11.2. The molecule has 1 saturated heterocycles. The number of nitrogens with one attached hydrogen (secondary N) is 1. The number of ether oxygens (including phenoxy) is 2. The molecule has 2 aliphatic heterocycles. The smallest absolute Gasteiger partial charge is 0.231 e. The van der Waals surface area contributed by atoms with E-state index < -0.39 is 0 Å². The fourth-order valence-electron chi connectivity index (χ4n) is 3.29. The van der Waals surface area contributed by atoms with Crippen LogP contribution in [0.4, 0.5) is 0 Å². The second-order valence-electron chi connectivity index (χ2n) is 6.78. The Balaban J connectivity index is 2.00. The molecule has 2 heterocycles. The zero-order valence-corrected chi connectivity index (χ0v) is 13.7. The van der Waals surface area contributed by atoms with Gasteiger partial charge in [-0.05, 0) is 17.0 Å². The number of benzene rings is 1. The van der Waals surface area contributed by atoms with E-state index >= 15 is 0 Å². The lowest BCUT2D eigenvalue weighted by atomic mass is 9.80. The summed E-state index contributed by atoms with van der Waals surface area (Å²) in [4.78, 5) is 2.51. The first-order chi connectivity index (χ1) is 9.97. The van der Waals surface area contributed by atoms with Crippen LogP contribution in [0.3, 0.4) is 0 Å². The van der Waals surface area contributed by atoms with Gasteiger partial charge in [0.15, 0.2) is 11.5 Å². The van der Waals surface area contributed by atoms with Crippen molar-refractivity contribution in [2.75, 3.05) is 33.0 Å². The summed E-state index contributed by atoms with van der Waals surface area (Å²) in [5, 5.41) is 4.17. The van der Waals surface area contributed by atoms with Gasteiger partial charge < -0.3 is 14.8 Å². The minimum Gasteiger partial charge on any atom is -0.454 e. The highest BCUT2D eigenvalue weighted by Gasteiger charge is 2.35. The fourth-order valence-corrected chi connectivity index (χ4v) is 3.55. The van der Waals surface area contributed by atoms with Gasteiger partial charge in [0.2, 0.25) is 6.79 Å². The molecule has 0 spiro atoms. The van der Waals surface area contributed by atoms with Gasteiger partial charge in [0.1, 0.15) is 0 Å². The Morgan fingerprint density at radius 1 is 1.14 bits per heavy atom. The summed E-state index contributed by atoms with van der Waals surface area (Å²) in [6, 6.07) is 4.21. The number of hydrogen-bond acceptors (Lipinski definition) is 4. The molecule has 2 aliphatic rings. The van der Waals surface area contributed by atoms with E-state index in [-0.39, 0.29) is 18.2 Å².